The number of hydrazone groups is 1. The summed E-state index contributed by atoms with van der Waals surface area (Å²) in [5.41, 5.74) is 12.9. The minimum absolute atomic E-state index is 0.0401. The van der Waals surface area contributed by atoms with Gasteiger partial charge in [0.25, 0.3) is 0 Å². The lowest BCUT2D eigenvalue weighted by atomic mass is 10.2. The zero-order valence-corrected chi connectivity index (χ0v) is 6.38. The molecule has 5 N–H and O–H groups in total. The Hall–Kier alpha value is -1.26. The van der Waals surface area contributed by atoms with Crippen molar-refractivity contribution in [3.05, 3.63) is 0 Å². The lowest BCUT2D eigenvalue weighted by Crippen LogP contribution is -2.29. The molecule has 0 bridgehead atoms. The normalized spacial score (nSPS) is 16.9. The van der Waals surface area contributed by atoms with E-state index in [1.54, 1.807) is 0 Å². The minimum Gasteiger partial charge on any atom is -0.369 e. The van der Waals surface area contributed by atoms with Crippen LogP contribution in [0.4, 0.5) is 0 Å². The van der Waals surface area contributed by atoms with Gasteiger partial charge in [-0.3, -0.25) is 10.4 Å². The van der Waals surface area contributed by atoms with Crippen molar-refractivity contribution < 1.29 is 0 Å². The summed E-state index contributed by atoms with van der Waals surface area (Å²) < 4.78 is 0. The van der Waals surface area contributed by atoms with Gasteiger partial charge in [-0.15, -0.1) is 5.10 Å². The maximum atomic E-state index is 5.12. The fourth-order valence-corrected chi connectivity index (χ4v) is 0.918. The van der Waals surface area contributed by atoms with Gasteiger partial charge in [-0.1, -0.05) is 0 Å². The molecule has 0 aromatic heterocycles. The summed E-state index contributed by atoms with van der Waals surface area (Å²) in [6, 6.07) is 0. The molecule has 11 heavy (non-hydrogen) atoms. The fraction of sp³-hybridized carbons (Fsp3) is 0.667. The Labute approximate surface area is 65.5 Å². The first-order chi connectivity index (χ1) is 5.29. The first-order valence-corrected chi connectivity index (χ1v) is 3.67. The fourth-order valence-electron chi connectivity index (χ4n) is 0.918. The van der Waals surface area contributed by atoms with Crippen LogP contribution in [0.2, 0.25) is 0 Å². The summed E-state index contributed by atoms with van der Waals surface area (Å²) >= 11 is 0. The second kappa shape index (κ2) is 3.80. The van der Waals surface area contributed by atoms with Crippen molar-refractivity contribution in [1.82, 2.24) is 5.43 Å². The predicted molar refractivity (Wildman–Crippen MR) is 45.1 cm³/mol. The zero-order valence-electron chi connectivity index (χ0n) is 6.38. The van der Waals surface area contributed by atoms with E-state index in [0.29, 0.717) is 0 Å². The molecule has 1 rings (SSSR count). The molecule has 0 aliphatic carbocycles. The minimum atomic E-state index is 0.0401. The SMILES string of the molecule is NC(N)=NNC1=NCCCC1. The molecule has 0 aromatic carbocycles. The van der Waals surface area contributed by atoms with Crippen molar-refractivity contribution in [1.29, 1.82) is 0 Å². The van der Waals surface area contributed by atoms with Crippen LogP contribution in [0, 0.1) is 0 Å². The number of hydrogen-bond acceptors (Lipinski definition) is 3. The number of guanidine groups is 1. The number of rotatable bonds is 1. The van der Waals surface area contributed by atoms with Gasteiger partial charge in [-0.2, -0.15) is 0 Å². The van der Waals surface area contributed by atoms with Crippen LogP contribution in [0.5, 0.6) is 0 Å². The van der Waals surface area contributed by atoms with Crippen molar-refractivity contribution in [3.8, 4) is 0 Å². The highest BCUT2D eigenvalue weighted by Gasteiger charge is 2.02. The molecule has 0 atom stereocenters. The Morgan fingerprint density at radius 1 is 1.45 bits per heavy atom. The molecular formula is C6H13N5. The largest absolute Gasteiger partial charge is 0.369 e. The molecule has 0 spiro atoms. The first-order valence-electron chi connectivity index (χ1n) is 3.67. The number of nitrogens with two attached hydrogens (primary N) is 2. The van der Waals surface area contributed by atoms with Crippen LogP contribution in [0.3, 0.4) is 0 Å². The Morgan fingerprint density at radius 2 is 2.27 bits per heavy atom. The summed E-state index contributed by atoms with van der Waals surface area (Å²) in [4.78, 5) is 4.19. The molecule has 0 amide bonds. The van der Waals surface area contributed by atoms with E-state index in [1.165, 1.54) is 0 Å². The standard InChI is InChI=1S/C6H13N5/c7-6(8)11-10-5-3-1-2-4-9-5/h1-4H2,(H,9,10)(H4,7,8,11). The highest BCUT2D eigenvalue weighted by atomic mass is 15.3. The van der Waals surface area contributed by atoms with Gasteiger partial charge in [0.15, 0.2) is 0 Å². The second-order valence-electron chi connectivity index (χ2n) is 2.43. The topological polar surface area (TPSA) is 88.8 Å². The molecule has 0 saturated heterocycles. The number of amidine groups is 1. The smallest absolute Gasteiger partial charge is 0.208 e. The summed E-state index contributed by atoms with van der Waals surface area (Å²) in [5.74, 6) is 0.919. The van der Waals surface area contributed by atoms with Crippen molar-refractivity contribution >= 4 is 11.8 Å². The molecule has 0 radical (unpaired) electrons. The summed E-state index contributed by atoms with van der Waals surface area (Å²) in [6.07, 6.45) is 3.26. The third-order valence-electron chi connectivity index (χ3n) is 1.44. The van der Waals surface area contributed by atoms with E-state index in [9.17, 15) is 0 Å². The van der Waals surface area contributed by atoms with E-state index < -0.39 is 0 Å². The molecule has 0 unspecified atom stereocenters. The van der Waals surface area contributed by atoms with Crippen molar-refractivity contribution in [2.24, 2.45) is 21.6 Å². The quantitative estimate of drug-likeness (QED) is 0.267. The third-order valence-corrected chi connectivity index (χ3v) is 1.44. The van der Waals surface area contributed by atoms with Crippen molar-refractivity contribution in [2.45, 2.75) is 19.3 Å². The molecule has 0 saturated carbocycles. The van der Waals surface area contributed by atoms with Crippen LogP contribution in [-0.2, 0) is 0 Å². The molecule has 62 valence electrons. The molecule has 5 nitrogen and oxygen atoms in total. The lowest BCUT2D eigenvalue weighted by Gasteiger charge is -2.09. The summed E-state index contributed by atoms with van der Waals surface area (Å²) in [7, 11) is 0. The van der Waals surface area contributed by atoms with E-state index in [1.807, 2.05) is 0 Å². The molecule has 1 aliphatic heterocycles. The van der Waals surface area contributed by atoms with Gasteiger partial charge in [0.2, 0.25) is 5.96 Å². The van der Waals surface area contributed by atoms with Crippen LogP contribution in [0.1, 0.15) is 19.3 Å². The van der Waals surface area contributed by atoms with Gasteiger partial charge in [0, 0.05) is 13.0 Å². The van der Waals surface area contributed by atoms with E-state index in [4.69, 9.17) is 11.5 Å². The summed E-state index contributed by atoms with van der Waals surface area (Å²) in [5, 5.41) is 3.64. The average Bonchev–Trinajstić information content (AvgIpc) is 2.03. The third kappa shape index (κ3) is 2.88. The van der Waals surface area contributed by atoms with Gasteiger partial charge in [0.05, 0.1) is 0 Å². The highest BCUT2D eigenvalue weighted by Crippen LogP contribution is 2.03. The average molecular weight is 155 g/mol. The Kier molecular flexibility index (Phi) is 2.71. The van der Waals surface area contributed by atoms with Crippen LogP contribution < -0.4 is 16.9 Å². The molecule has 1 aliphatic rings. The van der Waals surface area contributed by atoms with Crippen LogP contribution in [-0.4, -0.2) is 18.3 Å². The van der Waals surface area contributed by atoms with Crippen molar-refractivity contribution in [2.75, 3.05) is 6.54 Å². The van der Waals surface area contributed by atoms with E-state index in [2.05, 4.69) is 15.5 Å². The Balaban J connectivity index is 2.36. The van der Waals surface area contributed by atoms with Gasteiger partial charge < -0.3 is 11.5 Å². The van der Waals surface area contributed by atoms with E-state index >= 15 is 0 Å². The molecule has 0 aromatic rings. The number of hydrogen-bond donors (Lipinski definition) is 3. The number of nitrogens with one attached hydrogen (secondary N) is 1. The van der Waals surface area contributed by atoms with Crippen molar-refractivity contribution in [3.63, 3.8) is 0 Å². The van der Waals surface area contributed by atoms with Gasteiger partial charge in [-0.05, 0) is 12.8 Å². The van der Waals surface area contributed by atoms with Crippen LogP contribution in [0.25, 0.3) is 0 Å². The Morgan fingerprint density at radius 3 is 2.82 bits per heavy atom. The monoisotopic (exact) mass is 155 g/mol. The lowest BCUT2D eigenvalue weighted by molar-refractivity contribution is 0.713. The first kappa shape index (κ1) is 7.84. The number of nitrogens with zero attached hydrogens (tertiary/aromatic N) is 2. The van der Waals surface area contributed by atoms with E-state index in [0.717, 1.165) is 31.6 Å². The second-order valence-corrected chi connectivity index (χ2v) is 2.43. The van der Waals surface area contributed by atoms with Gasteiger partial charge in [-0.25, -0.2) is 0 Å². The highest BCUT2D eigenvalue weighted by molar-refractivity contribution is 5.84. The predicted octanol–water partition coefficient (Wildman–Crippen LogP) is -0.653. The van der Waals surface area contributed by atoms with Gasteiger partial charge in [0.1, 0.15) is 5.84 Å². The van der Waals surface area contributed by atoms with Crippen LogP contribution >= 0.6 is 0 Å². The number of aliphatic imine (C=N–C) groups is 1. The van der Waals surface area contributed by atoms with Crippen LogP contribution in [0.15, 0.2) is 10.1 Å². The molecule has 1 heterocycles. The molecule has 0 fully saturated rings. The summed E-state index contributed by atoms with van der Waals surface area (Å²) in [6.45, 7) is 0.877. The van der Waals surface area contributed by atoms with E-state index in [-0.39, 0.29) is 5.96 Å². The molecular weight excluding hydrogens is 142 g/mol. The zero-order chi connectivity index (χ0) is 8.10. The van der Waals surface area contributed by atoms with Gasteiger partial charge >= 0.3 is 0 Å². The maximum absolute atomic E-state index is 5.12. The molecule has 5 heteroatoms. The maximum Gasteiger partial charge on any atom is 0.208 e. The Bertz CT molecular complexity index is 179.